The lowest BCUT2D eigenvalue weighted by Crippen LogP contribution is -2.80. The Balaban J connectivity index is 2.28. The smallest absolute Gasteiger partial charge is 0.328 e. The van der Waals surface area contributed by atoms with Crippen LogP contribution in [0.3, 0.4) is 0 Å². The van der Waals surface area contributed by atoms with Crippen molar-refractivity contribution in [3.05, 3.63) is 29.8 Å². The molecule has 0 N–H and O–H groups in total. The molecule has 1 saturated carbocycles. The van der Waals surface area contributed by atoms with Gasteiger partial charge in [0, 0.05) is 32.2 Å². The molecule has 1 amide bonds. The summed E-state index contributed by atoms with van der Waals surface area (Å²) in [5, 5.41) is 0. The van der Waals surface area contributed by atoms with E-state index in [0.717, 1.165) is 5.56 Å². The number of carbonyl (C=O) groups is 2. The van der Waals surface area contributed by atoms with Gasteiger partial charge in [0.2, 0.25) is 5.91 Å². The average Bonchev–Trinajstić information content (AvgIpc) is 2.61. The molecule has 0 aromatic heterocycles. The lowest BCUT2D eigenvalue weighted by atomic mass is 9.37. The van der Waals surface area contributed by atoms with E-state index >= 15 is 0 Å². The van der Waals surface area contributed by atoms with Gasteiger partial charge in [0.15, 0.2) is 5.41 Å². The highest BCUT2D eigenvalue weighted by atomic mass is 16.5. The highest BCUT2D eigenvalue weighted by Crippen LogP contribution is 2.70. The summed E-state index contributed by atoms with van der Waals surface area (Å²) < 4.78 is 11.5. The van der Waals surface area contributed by atoms with E-state index in [1.165, 1.54) is 0 Å². The first-order valence-electron chi connectivity index (χ1n) is 9.04. The lowest BCUT2D eigenvalue weighted by molar-refractivity contribution is -0.239. The normalized spacial score (nSPS) is 32.9. The highest BCUT2D eigenvalue weighted by Gasteiger charge is 2.81. The van der Waals surface area contributed by atoms with Gasteiger partial charge in [-0.2, -0.15) is 0 Å². The quantitative estimate of drug-likeness (QED) is 0.468. The van der Waals surface area contributed by atoms with Crippen LogP contribution in [-0.2, 0) is 19.7 Å². The molecule has 0 unspecified atom stereocenters. The van der Waals surface area contributed by atoms with Gasteiger partial charge in [0.1, 0.15) is 5.75 Å². The number of nitrogens with zero attached hydrogens (tertiary/aromatic N) is 1. The molecule has 5 nitrogen and oxygen atoms in total. The third kappa shape index (κ3) is 1.87. The van der Waals surface area contributed by atoms with Crippen molar-refractivity contribution < 1.29 is 19.1 Å². The van der Waals surface area contributed by atoms with Crippen molar-refractivity contribution in [3.63, 3.8) is 0 Å². The fraction of sp³-hybridized carbons (Fsp3) is 0.600. The van der Waals surface area contributed by atoms with E-state index in [1.807, 2.05) is 45.9 Å². The molecule has 25 heavy (non-hydrogen) atoms. The summed E-state index contributed by atoms with van der Waals surface area (Å²) in [4.78, 5) is 28.4. The number of para-hydroxylation sites is 1. The molecule has 2 aliphatic rings. The SMILES string of the molecule is CCN(CC)C(=O)[C@]12C[C@@](C)(OC)[C@@]1(CC)c1ccccc1OC2=O. The summed E-state index contributed by atoms with van der Waals surface area (Å²) in [6, 6.07) is 7.53. The van der Waals surface area contributed by atoms with Crippen LogP contribution in [0.2, 0.25) is 0 Å². The standard InChI is InChI=1S/C20H27NO4/c1-6-20-14-11-9-10-12-15(14)25-17(23)19(20,13-18(20,4)24-5)16(22)21(7-2)8-3/h9-12H,6-8,13H2,1-5H3/t18-,19+,20-/m1/s1. The second-order valence-electron chi connectivity index (χ2n) is 7.14. The van der Waals surface area contributed by atoms with Crippen LogP contribution in [0.1, 0.15) is 46.1 Å². The molecule has 1 fully saturated rings. The first kappa shape index (κ1) is 17.9. The van der Waals surface area contributed by atoms with Crippen molar-refractivity contribution in [1.29, 1.82) is 0 Å². The van der Waals surface area contributed by atoms with Gasteiger partial charge in [-0.25, -0.2) is 0 Å². The molecule has 1 aromatic rings. The maximum Gasteiger partial charge on any atom is 0.328 e. The van der Waals surface area contributed by atoms with Gasteiger partial charge in [-0.3, -0.25) is 9.59 Å². The summed E-state index contributed by atoms with van der Waals surface area (Å²) in [6.45, 7) is 9.02. The predicted octanol–water partition coefficient (Wildman–Crippen LogP) is 2.92. The maximum absolute atomic E-state index is 13.5. The van der Waals surface area contributed by atoms with E-state index in [9.17, 15) is 9.59 Å². The van der Waals surface area contributed by atoms with Crippen molar-refractivity contribution in [3.8, 4) is 5.75 Å². The zero-order chi connectivity index (χ0) is 18.5. The van der Waals surface area contributed by atoms with E-state index in [0.29, 0.717) is 31.7 Å². The monoisotopic (exact) mass is 345 g/mol. The molecule has 3 atom stereocenters. The number of amides is 1. The first-order valence-corrected chi connectivity index (χ1v) is 9.04. The summed E-state index contributed by atoms with van der Waals surface area (Å²) in [5.74, 6) is -0.0480. The average molecular weight is 345 g/mol. The number of rotatable bonds is 5. The molecular formula is C20H27NO4. The van der Waals surface area contributed by atoms with E-state index < -0.39 is 22.4 Å². The predicted molar refractivity (Wildman–Crippen MR) is 94.4 cm³/mol. The Morgan fingerprint density at radius 1 is 1.24 bits per heavy atom. The number of carbonyl (C=O) groups excluding carboxylic acids is 2. The highest BCUT2D eigenvalue weighted by molar-refractivity contribution is 6.09. The van der Waals surface area contributed by atoms with Gasteiger partial charge in [-0.05, 0) is 33.3 Å². The summed E-state index contributed by atoms with van der Waals surface area (Å²) in [7, 11) is 1.66. The van der Waals surface area contributed by atoms with E-state index in [1.54, 1.807) is 18.1 Å². The van der Waals surface area contributed by atoms with Crippen molar-refractivity contribution in [2.75, 3.05) is 20.2 Å². The van der Waals surface area contributed by atoms with Gasteiger partial charge in [-0.1, -0.05) is 25.1 Å². The second kappa shape index (κ2) is 5.84. The Morgan fingerprint density at radius 2 is 1.88 bits per heavy atom. The molecule has 0 radical (unpaired) electrons. The lowest BCUT2D eigenvalue weighted by Gasteiger charge is -2.68. The molecule has 0 bridgehead atoms. The Morgan fingerprint density at radius 3 is 2.44 bits per heavy atom. The van der Waals surface area contributed by atoms with Crippen LogP contribution in [0, 0.1) is 5.41 Å². The third-order valence-electron chi connectivity index (χ3n) is 6.53. The van der Waals surface area contributed by atoms with Crippen LogP contribution in [0.5, 0.6) is 5.75 Å². The van der Waals surface area contributed by atoms with Crippen molar-refractivity contribution in [1.82, 2.24) is 4.90 Å². The Hall–Kier alpha value is -1.88. The van der Waals surface area contributed by atoms with E-state index in [2.05, 4.69) is 0 Å². The van der Waals surface area contributed by atoms with Crippen LogP contribution >= 0.6 is 0 Å². The Bertz CT molecular complexity index is 713. The number of hydrogen-bond acceptors (Lipinski definition) is 4. The van der Waals surface area contributed by atoms with Crippen LogP contribution in [-0.4, -0.2) is 42.6 Å². The van der Waals surface area contributed by atoms with Gasteiger partial charge < -0.3 is 14.4 Å². The molecular weight excluding hydrogens is 318 g/mol. The molecule has 1 aromatic carbocycles. The number of ether oxygens (including phenoxy) is 2. The molecule has 0 spiro atoms. The fourth-order valence-corrected chi connectivity index (χ4v) is 5.25. The van der Waals surface area contributed by atoms with Gasteiger partial charge in [0.25, 0.3) is 0 Å². The first-order chi connectivity index (χ1) is 11.9. The van der Waals surface area contributed by atoms with Gasteiger partial charge >= 0.3 is 5.97 Å². The largest absolute Gasteiger partial charge is 0.425 e. The molecule has 5 heteroatoms. The fourth-order valence-electron chi connectivity index (χ4n) is 5.25. The van der Waals surface area contributed by atoms with Crippen LogP contribution in [0.4, 0.5) is 0 Å². The van der Waals surface area contributed by atoms with Crippen molar-refractivity contribution in [2.24, 2.45) is 5.41 Å². The summed E-state index contributed by atoms with van der Waals surface area (Å²) in [6.07, 6.45) is 0.962. The third-order valence-corrected chi connectivity index (χ3v) is 6.53. The van der Waals surface area contributed by atoms with Crippen molar-refractivity contribution >= 4 is 11.9 Å². The molecule has 136 valence electrons. The van der Waals surface area contributed by atoms with E-state index in [-0.39, 0.29) is 5.91 Å². The van der Waals surface area contributed by atoms with E-state index in [4.69, 9.17) is 9.47 Å². The minimum absolute atomic E-state index is 0.145. The van der Waals surface area contributed by atoms with Crippen LogP contribution < -0.4 is 4.74 Å². The van der Waals surface area contributed by atoms with Gasteiger partial charge in [0.05, 0.1) is 11.0 Å². The molecule has 1 aliphatic heterocycles. The van der Waals surface area contributed by atoms with Crippen LogP contribution in [0.15, 0.2) is 24.3 Å². The Kier molecular flexibility index (Phi) is 4.18. The maximum atomic E-state index is 13.5. The van der Waals surface area contributed by atoms with Gasteiger partial charge in [-0.15, -0.1) is 0 Å². The van der Waals surface area contributed by atoms with Crippen molar-refractivity contribution in [2.45, 2.75) is 51.6 Å². The summed E-state index contributed by atoms with van der Waals surface area (Å²) >= 11 is 0. The number of methoxy groups -OCH3 is 1. The number of fused-ring (bicyclic) bond motifs is 3. The minimum Gasteiger partial charge on any atom is -0.425 e. The zero-order valence-corrected chi connectivity index (χ0v) is 15.7. The number of benzene rings is 1. The zero-order valence-electron chi connectivity index (χ0n) is 15.7. The minimum atomic E-state index is -1.22. The second-order valence-corrected chi connectivity index (χ2v) is 7.14. The molecule has 1 aliphatic carbocycles. The van der Waals surface area contributed by atoms with Crippen LogP contribution in [0.25, 0.3) is 0 Å². The summed E-state index contributed by atoms with van der Waals surface area (Å²) in [5.41, 5.74) is -1.64. The number of hydrogen-bond donors (Lipinski definition) is 0. The molecule has 3 rings (SSSR count). The number of esters is 1. The topological polar surface area (TPSA) is 55.8 Å². The molecule has 0 saturated heterocycles. The Labute approximate surface area is 149 Å². The molecule has 1 heterocycles.